The Balaban J connectivity index is 1.72. The topological polar surface area (TPSA) is 81.2 Å². The van der Waals surface area contributed by atoms with Gasteiger partial charge in [-0.1, -0.05) is 0 Å². The first-order valence-corrected chi connectivity index (χ1v) is 12.3. The molecule has 1 aromatic carbocycles. The number of aryl methyl sites for hydroxylation is 2. The van der Waals surface area contributed by atoms with Gasteiger partial charge in [-0.2, -0.15) is 13.8 Å². The number of hydrogen-bond donors (Lipinski definition) is 2. The predicted octanol–water partition coefficient (Wildman–Crippen LogP) is 6.32. The van der Waals surface area contributed by atoms with Crippen LogP contribution in [0.5, 0.6) is 5.75 Å². The summed E-state index contributed by atoms with van der Waals surface area (Å²) in [4.78, 5) is 11.0. The second-order valence-electron chi connectivity index (χ2n) is 11.1. The fraction of sp³-hybridized carbons (Fsp3) is 0.481. The summed E-state index contributed by atoms with van der Waals surface area (Å²) >= 11 is 0. The first-order chi connectivity index (χ1) is 17.2. The van der Waals surface area contributed by atoms with Gasteiger partial charge in [0.25, 0.3) is 0 Å². The van der Waals surface area contributed by atoms with Gasteiger partial charge in [-0.05, 0) is 91.8 Å². The molecule has 7 nitrogen and oxygen atoms in total. The van der Waals surface area contributed by atoms with Gasteiger partial charge in [0.2, 0.25) is 5.95 Å². The minimum atomic E-state index is -2.97. The SMILES string of the molecule is Cc1ccc(C)n1-c1cc(Nc2nc(N)c(F)c(C3CC(C)(C)N(C)C(C)(C)C3)n2)ccc1OC(F)F. The summed E-state index contributed by atoms with van der Waals surface area (Å²) < 4.78 is 48.0. The molecular formula is C27H35F3N6O. The lowest BCUT2D eigenvalue weighted by atomic mass is 9.73. The minimum absolute atomic E-state index is 0.0268. The summed E-state index contributed by atoms with van der Waals surface area (Å²) in [5.74, 6) is -0.838. The Morgan fingerprint density at radius 3 is 2.19 bits per heavy atom. The van der Waals surface area contributed by atoms with Crippen molar-refractivity contribution in [3.8, 4) is 11.4 Å². The zero-order valence-electron chi connectivity index (χ0n) is 22.4. The minimum Gasteiger partial charge on any atom is -0.433 e. The van der Waals surface area contributed by atoms with E-state index in [9.17, 15) is 8.78 Å². The van der Waals surface area contributed by atoms with E-state index < -0.39 is 12.4 Å². The number of nitrogens with two attached hydrogens (primary N) is 1. The van der Waals surface area contributed by atoms with Crippen LogP contribution in [0, 0.1) is 19.7 Å². The number of nitrogens with one attached hydrogen (secondary N) is 1. The third-order valence-corrected chi connectivity index (χ3v) is 7.54. The second-order valence-corrected chi connectivity index (χ2v) is 11.1. The number of anilines is 3. The molecular weight excluding hydrogens is 481 g/mol. The number of alkyl halides is 2. The van der Waals surface area contributed by atoms with Crippen molar-refractivity contribution < 1.29 is 17.9 Å². The van der Waals surface area contributed by atoms with Crippen LogP contribution in [0.4, 0.5) is 30.6 Å². The summed E-state index contributed by atoms with van der Waals surface area (Å²) in [6, 6.07) is 8.49. The standard InChI is InChI=1S/C27H35F3N6O/c1-15-8-9-16(2)36(15)19-12-18(10-11-20(19)37-24(29)30)32-25-33-22(21(28)23(31)34-25)17-13-26(3,4)35(7)27(5,6)14-17/h8-12,17,24H,13-14H2,1-7H3,(H3,31,32,33,34). The molecule has 0 bridgehead atoms. The van der Waals surface area contributed by atoms with Crippen LogP contribution >= 0.6 is 0 Å². The van der Waals surface area contributed by atoms with Gasteiger partial charge in [0.1, 0.15) is 5.75 Å². The molecule has 0 amide bonds. The Labute approximate surface area is 215 Å². The number of piperidine rings is 1. The van der Waals surface area contributed by atoms with Crippen LogP contribution in [0.3, 0.4) is 0 Å². The summed E-state index contributed by atoms with van der Waals surface area (Å²) in [5, 5.41) is 3.09. The Hall–Kier alpha value is -3.27. The van der Waals surface area contributed by atoms with E-state index in [-0.39, 0.29) is 40.2 Å². The molecule has 0 spiro atoms. The van der Waals surface area contributed by atoms with Crippen molar-refractivity contribution >= 4 is 17.5 Å². The van der Waals surface area contributed by atoms with Crippen molar-refractivity contribution in [1.82, 2.24) is 19.4 Å². The monoisotopic (exact) mass is 516 g/mol. The normalized spacial score (nSPS) is 17.8. The molecule has 3 aromatic rings. The lowest BCUT2D eigenvalue weighted by Gasteiger charge is -2.53. The maximum atomic E-state index is 15.2. The maximum Gasteiger partial charge on any atom is 0.387 e. The van der Waals surface area contributed by atoms with Crippen molar-refractivity contribution in [1.29, 1.82) is 0 Å². The molecule has 4 rings (SSSR count). The van der Waals surface area contributed by atoms with Crippen LogP contribution in [-0.2, 0) is 0 Å². The van der Waals surface area contributed by atoms with Gasteiger partial charge in [-0.25, -0.2) is 9.37 Å². The van der Waals surface area contributed by atoms with Gasteiger partial charge < -0.3 is 20.4 Å². The molecule has 3 N–H and O–H groups in total. The van der Waals surface area contributed by atoms with Crippen molar-refractivity contribution in [2.24, 2.45) is 0 Å². The molecule has 200 valence electrons. The van der Waals surface area contributed by atoms with Crippen LogP contribution in [0.2, 0.25) is 0 Å². The van der Waals surface area contributed by atoms with Crippen LogP contribution in [0.1, 0.15) is 63.5 Å². The van der Waals surface area contributed by atoms with Crippen molar-refractivity contribution in [3.05, 3.63) is 53.2 Å². The molecule has 1 aliphatic heterocycles. The van der Waals surface area contributed by atoms with E-state index in [2.05, 4.69) is 54.9 Å². The number of halogens is 3. The van der Waals surface area contributed by atoms with Crippen LogP contribution in [-0.4, -0.2) is 44.2 Å². The highest BCUT2D eigenvalue weighted by atomic mass is 19.3. The average Bonchev–Trinajstić information content (AvgIpc) is 3.12. The summed E-state index contributed by atoms with van der Waals surface area (Å²) in [6.07, 6.45) is 1.41. The highest BCUT2D eigenvalue weighted by Gasteiger charge is 2.44. The van der Waals surface area contributed by atoms with Gasteiger partial charge in [0.15, 0.2) is 11.6 Å². The molecule has 0 unspecified atom stereocenters. The van der Waals surface area contributed by atoms with E-state index in [0.717, 1.165) is 11.4 Å². The number of aromatic nitrogens is 3. The third-order valence-electron chi connectivity index (χ3n) is 7.54. The van der Waals surface area contributed by atoms with Gasteiger partial charge in [0, 0.05) is 34.1 Å². The zero-order valence-corrected chi connectivity index (χ0v) is 22.4. The molecule has 0 saturated carbocycles. The lowest BCUT2D eigenvalue weighted by Crippen LogP contribution is -2.58. The highest BCUT2D eigenvalue weighted by molar-refractivity contribution is 5.64. The quantitative estimate of drug-likeness (QED) is 0.399. The fourth-order valence-electron chi connectivity index (χ4n) is 5.52. The van der Waals surface area contributed by atoms with Crippen LogP contribution in [0.15, 0.2) is 30.3 Å². The zero-order chi connectivity index (χ0) is 27.3. The second kappa shape index (κ2) is 9.55. The summed E-state index contributed by atoms with van der Waals surface area (Å²) in [7, 11) is 2.08. The molecule has 0 atom stereocenters. The van der Waals surface area contributed by atoms with Gasteiger partial charge in [0.05, 0.1) is 11.4 Å². The molecule has 1 saturated heterocycles. The van der Waals surface area contributed by atoms with Crippen LogP contribution in [0.25, 0.3) is 5.69 Å². The number of likely N-dealkylation sites (tertiary alicyclic amines) is 1. The number of hydrogen-bond acceptors (Lipinski definition) is 6. The Kier molecular flexibility index (Phi) is 6.92. The number of rotatable bonds is 6. The van der Waals surface area contributed by atoms with E-state index in [1.165, 1.54) is 6.07 Å². The largest absolute Gasteiger partial charge is 0.433 e. The molecule has 1 aliphatic rings. The first kappa shape index (κ1) is 26.8. The third kappa shape index (κ3) is 5.25. The average molecular weight is 517 g/mol. The van der Waals surface area contributed by atoms with E-state index in [1.54, 1.807) is 12.1 Å². The molecule has 1 fully saturated rings. The molecule has 10 heteroatoms. The summed E-state index contributed by atoms with van der Waals surface area (Å²) in [6.45, 7) is 9.33. The molecule has 3 heterocycles. The molecule has 0 radical (unpaired) electrons. The Morgan fingerprint density at radius 1 is 1.03 bits per heavy atom. The first-order valence-electron chi connectivity index (χ1n) is 12.3. The number of nitrogens with zero attached hydrogens (tertiary/aromatic N) is 4. The van der Waals surface area contributed by atoms with Crippen molar-refractivity contribution in [3.63, 3.8) is 0 Å². The highest BCUT2D eigenvalue weighted by Crippen LogP contribution is 2.45. The summed E-state index contributed by atoms with van der Waals surface area (Å²) in [5.41, 5.74) is 8.57. The number of benzene rings is 1. The van der Waals surface area contributed by atoms with Crippen molar-refractivity contribution in [2.45, 2.75) is 78.0 Å². The van der Waals surface area contributed by atoms with E-state index in [4.69, 9.17) is 10.5 Å². The fourth-order valence-corrected chi connectivity index (χ4v) is 5.52. The molecule has 2 aromatic heterocycles. The molecule has 37 heavy (non-hydrogen) atoms. The number of nitrogen functional groups attached to an aromatic ring is 1. The van der Waals surface area contributed by atoms with E-state index in [0.29, 0.717) is 24.2 Å². The Morgan fingerprint density at radius 2 is 1.62 bits per heavy atom. The predicted molar refractivity (Wildman–Crippen MR) is 139 cm³/mol. The number of ether oxygens (including phenoxy) is 1. The smallest absolute Gasteiger partial charge is 0.387 e. The van der Waals surface area contributed by atoms with Crippen LogP contribution < -0.4 is 15.8 Å². The lowest BCUT2D eigenvalue weighted by molar-refractivity contribution is -0.0498. The molecule has 0 aliphatic carbocycles. The Bertz CT molecular complexity index is 1270. The van der Waals surface area contributed by atoms with Crippen molar-refractivity contribution in [2.75, 3.05) is 18.1 Å². The van der Waals surface area contributed by atoms with Gasteiger partial charge in [-0.15, -0.1) is 0 Å². The maximum absolute atomic E-state index is 15.2. The van der Waals surface area contributed by atoms with Gasteiger partial charge in [-0.3, -0.25) is 4.90 Å². The van der Waals surface area contributed by atoms with E-state index >= 15 is 4.39 Å². The van der Waals surface area contributed by atoms with Gasteiger partial charge >= 0.3 is 6.61 Å². The van der Waals surface area contributed by atoms with E-state index in [1.807, 2.05) is 30.5 Å².